The second-order valence-electron chi connectivity index (χ2n) is 6.66. The number of ether oxygens (including phenoxy) is 2. The van der Waals surface area contributed by atoms with Gasteiger partial charge in [-0.15, -0.1) is 0 Å². The van der Waals surface area contributed by atoms with Crippen LogP contribution in [0.5, 0.6) is 11.5 Å². The topological polar surface area (TPSA) is 35.5 Å². The third kappa shape index (κ3) is 5.03. The smallest absolute Gasteiger partial charge is 0.166 e. The average Bonchev–Trinajstić information content (AvgIpc) is 2.35. The largest absolute Gasteiger partial charge is 0.495 e. The Balaban J connectivity index is 2.95. The molecule has 0 spiro atoms. The zero-order valence-corrected chi connectivity index (χ0v) is 15.3. The van der Waals surface area contributed by atoms with E-state index < -0.39 is 0 Å². The van der Waals surface area contributed by atoms with Crippen LogP contribution in [0.3, 0.4) is 0 Å². The highest BCUT2D eigenvalue weighted by atomic mass is 79.9. The molecule has 0 saturated heterocycles. The summed E-state index contributed by atoms with van der Waals surface area (Å²) in [6.45, 7) is 8.70. The Bertz CT molecular complexity index is 503. The summed E-state index contributed by atoms with van der Waals surface area (Å²) in [6.07, 6.45) is 1.53. The Morgan fingerprint density at radius 3 is 2.33 bits per heavy atom. The molecule has 1 atom stereocenters. The van der Waals surface area contributed by atoms with E-state index in [2.05, 4.69) is 43.6 Å². The van der Waals surface area contributed by atoms with Crippen molar-refractivity contribution in [2.75, 3.05) is 14.2 Å². The maximum atomic E-state index is 12.5. The lowest BCUT2D eigenvalue weighted by Crippen LogP contribution is -2.15. The molecule has 21 heavy (non-hydrogen) atoms. The third-order valence-corrected chi connectivity index (χ3v) is 4.03. The molecule has 118 valence electrons. The van der Waals surface area contributed by atoms with Gasteiger partial charge in [0.1, 0.15) is 16.0 Å². The van der Waals surface area contributed by atoms with Crippen LogP contribution in [0.4, 0.5) is 0 Å². The van der Waals surface area contributed by atoms with E-state index in [4.69, 9.17) is 9.47 Å². The van der Waals surface area contributed by atoms with Gasteiger partial charge in [0.15, 0.2) is 5.78 Å². The van der Waals surface area contributed by atoms with Crippen LogP contribution in [0, 0.1) is 11.3 Å². The molecule has 0 bridgehead atoms. The Kier molecular flexibility index (Phi) is 6.26. The molecule has 0 heterocycles. The highest BCUT2D eigenvalue weighted by molar-refractivity contribution is 9.10. The van der Waals surface area contributed by atoms with E-state index in [1.165, 1.54) is 0 Å². The molecule has 0 radical (unpaired) electrons. The van der Waals surface area contributed by atoms with E-state index in [1.807, 2.05) is 0 Å². The summed E-state index contributed by atoms with van der Waals surface area (Å²) in [7, 11) is 3.15. The fraction of sp³-hybridized carbons (Fsp3) is 0.588. The van der Waals surface area contributed by atoms with Crippen molar-refractivity contribution in [1.82, 2.24) is 0 Å². The number of hydrogen-bond acceptors (Lipinski definition) is 3. The lowest BCUT2D eigenvalue weighted by atomic mass is 9.83. The fourth-order valence-electron chi connectivity index (χ4n) is 2.66. The van der Waals surface area contributed by atoms with Crippen molar-refractivity contribution in [1.29, 1.82) is 0 Å². The quantitative estimate of drug-likeness (QED) is 0.664. The van der Waals surface area contributed by atoms with Crippen molar-refractivity contribution < 1.29 is 14.3 Å². The normalized spacial score (nSPS) is 12.9. The summed E-state index contributed by atoms with van der Waals surface area (Å²) in [5.41, 5.74) is 0.829. The number of hydrogen-bond donors (Lipinski definition) is 0. The predicted molar refractivity (Wildman–Crippen MR) is 89.4 cm³/mol. The van der Waals surface area contributed by atoms with Crippen LogP contribution >= 0.6 is 15.9 Å². The molecule has 1 aromatic rings. The van der Waals surface area contributed by atoms with Gasteiger partial charge in [0, 0.05) is 6.42 Å². The fourth-order valence-corrected chi connectivity index (χ4v) is 3.33. The van der Waals surface area contributed by atoms with Gasteiger partial charge in [0.25, 0.3) is 0 Å². The van der Waals surface area contributed by atoms with E-state index in [1.54, 1.807) is 26.4 Å². The van der Waals surface area contributed by atoms with Crippen molar-refractivity contribution >= 4 is 21.7 Å². The number of halogens is 1. The van der Waals surface area contributed by atoms with Crippen molar-refractivity contribution in [3.63, 3.8) is 0 Å². The zero-order valence-electron chi connectivity index (χ0n) is 13.7. The number of rotatable bonds is 6. The average molecular weight is 357 g/mol. The summed E-state index contributed by atoms with van der Waals surface area (Å²) in [5, 5.41) is 0. The van der Waals surface area contributed by atoms with E-state index >= 15 is 0 Å². The highest BCUT2D eigenvalue weighted by Gasteiger charge is 2.22. The van der Waals surface area contributed by atoms with Crippen LogP contribution in [0.15, 0.2) is 16.6 Å². The molecule has 0 saturated carbocycles. The molecule has 0 aliphatic heterocycles. The molecule has 0 aliphatic rings. The van der Waals surface area contributed by atoms with Crippen molar-refractivity contribution in [3.05, 3.63) is 22.2 Å². The van der Waals surface area contributed by atoms with Crippen LogP contribution < -0.4 is 9.47 Å². The first kappa shape index (κ1) is 18.0. The lowest BCUT2D eigenvalue weighted by molar-refractivity contribution is 0.0951. The minimum Gasteiger partial charge on any atom is -0.495 e. The Hall–Kier alpha value is -1.03. The van der Waals surface area contributed by atoms with Gasteiger partial charge in [-0.1, -0.05) is 27.7 Å². The van der Waals surface area contributed by atoms with Crippen molar-refractivity contribution in [2.24, 2.45) is 11.3 Å². The van der Waals surface area contributed by atoms with Gasteiger partial charge >= 0.3 is 0 Å². The maximum Gasteiger partial charge on any atom is 0.166 e. The predicted octanol–water partition coefficient (Wildman–Crippen LogP) is 5.11. The molecular weight excluding hydrogens is 332 g/mol. The van der Waals surface area contributed by atoms with Gasteiger partial charge in [0.05, 0.1) is 19.8 Å². The number of benzene rings is 1. The summed E-state index contributed by atoms with van der Waals surface area (Å²) in [6, 6.07) is 3.56. The van der Waals surface area contributed by atoms with Gasteiger partial charge in [-0.25, -0.2) is 0 Å². The second-order valence-corrected chi connectivity index (χ2v) is 7.45. The van der Waals surface area contributed by atoms with E-state index in [0.717, 1.165) is 6.42 Å². The molecule has 3 nitrogen and oxygen atoms in total. The van der Waals surface area contributed by atoms with Crippen LogP contribution in [0.2, 0.25) is 0 Å². The molecule has 0 amide bonds. The Morgan fingerprint density at radius 2 is 1.86 bits per heavy atom. The van der Waals surface area contributed by atoms with E-state index in [-0.39, 0.29) is 11.2 Å². The maximum absolute atomic E-state index is 12.5. The number of carbonyl (C=O) groups is 1. The summed E-state index contributed by atoms with van der Waals surface area (Å²) in [4.78, 5) is 12.5. The molecule has 0 aliphatic carbocycles. The molecular formula is C17H25BrO3. The number of ketones is 1. The molecule has 1 unspecified atom stereocenters. The first-order valence-electron chi connectivity index (χ1n) is 7.13. The van der Waals surface area contributed by atoms with Crippen molar-refractivity contribution in [3.8, 4) is 11.5 Å². The molecule has 1 rings (SSSR count). The first-order valence-corrected chi connectivity index (χ1v) is 7.92. The van der Waals surface area contributed by atoms with Crippen LogP contribution in [0.1, 0.15) is 50.9 Å². The summed E-state index contributed by atoms with van der Waals surface area (Å²) in [5.74, 6) is 1.64. The zero-order chi connectivity index (χ0) is 16.2. The standard InChI is InChI=1S/C17H25BrO3/c1-11(10-17(2,3)4)9-13(19)12-7-8-14(20-5)15(18)16(12)21-6/h7-8,11H,9-10H2,1-6H3. The number of Topliss-reactive ketones (excluding diaryl/α,β-unsaturated/α-hetero) is 1. The van der Waals surface area contributed by atoms with Crippen LogP contribution in [-0.2, 0) is 0 Å². The van der Waals surface area contributed by atoms with Crippen LogP contribution in [0.25, 0.3) is 0 Å². The van der Waals surface area contributed by atoms with Crippen LogP contribution in [-0.4, -0.2) is 20.0 Å². The third-order valence-electron chi connectivity index (χ3n) is 3.28. The minimum atomic E-state index is 0.104. The molecule has 4 heteroatoms. The SMILES string of the molecule is COc1ccc(C(=O)CC(C)CC(C)(C)C)c(OC)c1Br. The minimum absolute atomic E-state index is 0.104. The number of carbonyl (C=O) groups excluding carboxylic acids is 1. The van der Waals surface area contributed by atoms with Gasteiger partial charge in [0.2, 0.25) is 0 Å². The monoisotopic (exact) mass is 356 g/mol. The Labute approximate surface area is 136 Å². The highest BCUT2D eigenvalue weighted by Crippen LogP contribution is 2.38. The van der Waals surface area contributed by atoms with Gasteiger partial charge in [-0.3, -0.25) is 4.79 Å². The number of methoxy groups -OCH3 is 2. The molecule has 1 aromatic carbocycles. The lowest BCUT2D eigenvalue weighted by Gasteiger charge is -2.23. The van der Waals surface area contributed by atoms with E-state index in [9.17, 15) is 4.79 Å². The van der Waals surface area contributed by atoms with Gasteiger partial charge in [-0.05, 0) is 45.8 Å². The summed E-state index contributed by atoms with van der Waals surface area (Å²) >= 11 is 3.43. The summed E-state index contributed by atoms with van der Waals surface area (Å²) < 4.78 is 11.3. The molecule has 0 N–H and O–H groups in total. The molecule has 0 aromatic heterocycles. The first-order chi connectivity index (χ1) is 9.69. The van der Waals surface area contributed by atoms with E-state index in [0.29, 0.717) is 33.9 Å². The molecule has 0 fully saturated rings. The van der Waals surface area contributed by atoms with Gasteiger partial charge in [-0.2, -0.15) is 0 Å². The van der Waals surface area contributed by atoms with Crippen molar-refractivity contribution in [2.45, 2.75) is 40.5 Å². The van der Waals surface area contributed by atoms with Gasteiger partial charge < -0.3 is 9.47 Å². The second kappa shape index (κ2) is 7.30. The Morgan fingerprint density at radius 1 is 1.24 bits per heavy atom.